The summed E-state index contributed by atoms with van der Waals surface area (Å²) >= 11 is 5.95. The molecule has 0 radical (unpaired) electrons. The number of nitrogens with zero attached hydrogens (tertiary/aromatic N) is 2. The second kappa shape index (κ2) is 10.2. The Kier molecular flexibility index (Phi) is 7.43. The maximum absolute atomic E-state index is 13.2. The molecule has 2 heterocycles. The molecule has 0 aliphatic carbocycles. The van der Waals surface area contributed by atoms with Crippen LogP contribution in [0.3, 0.4) is 0 Å². The van der Waals surface area contributed by atoms with Crippen LogP contribution in [0.2, 0.25) is 5.02 Å². The molecule has 32 heavy (non-hydrogen) atoms. The van der Waals surface area contributed by atoms with E-state index >= 15 is 0 Å². The molecule has 3 rings (SSSR count). The van der Waals surface area contributed by atoms with E-state index in [9.17, 15) is 14.4 Å². The topological polar surface area (TPSA) is 92.4 Å². The van der Waals surface area contributed by atoms with Crippen LogP contribution >= 0.6 is 11.6 Å². The van der Waals surface area contributed by atoms with Gasteiger partial charge in [-0.2, -0.15) is 0 Å². The molecule has 0 aliphatic rings. The Morgan fingerprint density at radius 3 is 2.44 bits per heavy atom. The minimum atomic E-state index is -0.547. The van der Waals surface area contributed by atoms with Crippen LogP contribution in [0.4, 0.5) is 0 Å². The van der Waals surface area contributed by atoms with Gasteiger partial charge < -0.3 is 14.6 Å². The number of Topliss-reactive ketones (excluding diaryl/α,β-unsaturated/α-hetero) is 1. The van der Waals surface area contributed by atoms with Gasteiger partial charge in [0.25, 0.3) is 5.91 Å². The van der Waals surface area contributed by atoms with E-state index in [1.807, 2.05) is 18.2 Å². The molecule has 0 bridgehead atoms. The molecular formula is C24H24ClN3O4. The number of esters is 1. The molecule has 1 aromatic carbocycles. The largest absolute Gasteiger partial charge is 0.464 e. The third-order valence-electron chi connectivity index (χ3n) is 5.18. The highest BCUT2D eigenvalue weighted by Crippen LogP contribution is 2.20. The van der Waals surface area contributed by atoms with Gasteiger partial charge in [0.1, 0.15) is 5.69 Å². The normalized spacial score (nSPS) is 10.6. The standard InChI is InChI=1S/C24H24ClN3O4/c1-15-21(16(2)27-22(15)24(31)32-3)20(29)14-28(13-11-19-6-4-5-12-26-19)23(30)17-7-9-18(25)10-8-17/h4-10,12,27H,11,13-14H2,1-3H3. The van der Waals surface area contributed by atoms with Crippen LogP contribution in [0, 0.1) is 13.8 Å². The fraction of sp³-hybridized carbons (Fsp3) is 0.250. The minimum Gasteiger partial charge on any atom is -0.464 e. The number of ether oxygens (including phenoxy) is 1. The van der Waals surface area contributed by atoms with Crippen molar-refractivity contribution in [1.29, 1.82) is 0 Å². The number of halogens is 1. The van der Waals surface area contributed by atoms with Gasteiger partial charge >= 0.3 is 5.97 Å². The lowest BCUT2D eigenvalue weighted by atomic mass is 10.0. The Balaban J connectivity index is 1.87. The van der Waals surface area contributed by atoms with Crippen LogP contribution in [0.15, 0.2) is 48.7 Å². The lowest BCUT2D eigenvalue weighted by Crippen LogP contribution is -2.37. The summed E-state index contributed by atoms with van der Waals surface area (Å²) in [6, 6.07) is 12.1. The number of hydrogen-bond acceptors (Lipinski definition) is 5. The number of carbonyl (C=O) groups excluding carboxylic acids is 3. The highest BCUT2D eigenvalue weighted by molar-refractivity contribution is 6.30. The molecule has 0 atom stereocenters. The first kappa shape index (κ1) is 23.2. The average Bonchev–Trinajstić information content (AvgIpc) is 3.10. The number of benzene rings is 1. The second-order valence-electron chi connectivity index (χ2n) is 7.34. The highest BCUT2D eigenvalue weighted by Gasteiger charge is 2.26. The lowest BCUT2D eigenvalue weighted by molar-refractivity contribution is 0.0593. The van der Waals surface area contributed by atoms with Gasteiger partial charge in [0.2, 0.25) is 0 Å². The zero-order valence-corrected chi connectivity index (χ0v) is 18.9. The third kappa shape index (κ3) is 5.23. The zero-order valence-electron chi connectivity index (χ0n) is 18.1. The van der Waals surface area contributed by atoms with Crippen molar-refractivity contribution in [2.24, 2.45) is 0 Å². The number of pyridine rings is 1. The van der Waals surface area contributed by atoms with Crippen molar-refractivity contribution >= 4 is 29.3 Å². The number of rotatable bonds is 8. The van der Waals surface area contributed by atoms with Crippen LogP contribution in [0.5, 0.6) is 0 Å². The van der Waals surface area contributed by atoms with Crippen molar-refractivity contribution in [3.8, 4) is 0 Å². The SMILES string of the molecule is COC(=O)c1[nH]c(C)c(C(=O)CN(CCc2ccccn2)C(=O)c2ccc(Cl)cc2)c1C. The molecule has 0 fully saturated rings. The quantitative estimate of drug-likeness (QED) is 0.410. The van der Waals surface area contributed by atoms with E-state index in [1.54, 1.807) is 44.3 Å². The highest BCUT2D eigenvalue weighted by atomic mass is 35.5. The van der Waals surface area contributed by atoms with E-state index in [2.05, 4.69) is 9.97 Å². The van der Waals surface area contributed by atoms with Gasteiger partial charge in [-0.05, 0) is 55.8 Å². The monoisotopic (exact) mass is 453 g/mol. The number of aromatic nitrogens is 2. The number of H-pyrrole nitrogens is 1. The van der Waals surface area contributed by atoms with Crippen molar-refractivity contribution in [2.45, 2.75) is 20.3 Å². The number of methoxy groups -OCH3 is 1. The minimum absolute atomic E-state index is 0.144. The Labute approximate surface area is 191 Å². The van der Waals surface area contributed by atoms with Crippen LogP contribution in [-0.2, 0) is 11.2 Å². The molecule has 166 valence electrons. The molecule has 1 amide bonds. The zero-order chi connectivity index (χ0) is 23.3. The molecule has 1 N–H and O–H groups in total. The van der Waals surface area contributed by atoms with Crippen LogP contribution in [0.25, 0.3) is 0 Å². The lowest BCUT2D eigenvalue weighted by Gasteiger charge is -2.22. The average molecular weight is 454 g/mol. The molecule has 8 heteroatoms. The Morgan fingerprint density at radius 1 is 1.09 bits per heavy atom. The molecule has 7 nitrogen and oxygen atoms in total. The molecular weight excluding hydrogens is 430 g/mol. The Hall–Kier alpha value is -3.45. The summed E-state index contributed by atoms with van der Waals surface area (Å²) < 4.78 is 4.78. The predicted octanol–water partition coefficient (Wildman–Crippen LogP) is 4.03. The summed E-state index contributed by atoms with van der Waals surface area (Å²) in [4.78, 5) is 47.1. The van der Waals surface area contributed by atoms with E-state index in [1.165, 1.54) is 12.0 Å². The number of ketones is 1. The number of amides is 1. The number of hydrogen-bond donors (Lipinski definition) is 1. The number of nitrogens with one attached hydrogen (secondary N) is 1. The van der Waals surface area contributed by atoms with Crippen LogP contribution in [0.1, 0.15) is 48.2 Å². The molecule has 0 unspecified atom stereocenters. The molecule has 0 saturated carbocycles. The first-order chi connectivity index (χ1) is 15.3. The fourth-order valence-corrected chi connectivity index (χ4v) is 3.68. The van der Waals surface area contributed by atoms with E-state index in [0.717, 1.165) is 5.69 Å². The molecule has 0 saturated heterocycles. The first-order valence-corrected chi connectivity index (χ1v) is 10.4. The third-order valence-corrected chi connectivity index (χ3v) is 5.43. The Morgan fingerprint density at radius 2 is 1.81 bits per heavy atom. The van der Waals surface area contributed by atoms with Gasteiger partial charge in [0.05, 0.1) is 13.7 Å². The van der Waals surface area contributed by atoms with Crippen LogP contribution < -0.4 is 0 Å². The fourth-order valence-electron chi connectivity index (χ4n) is 3.55. The Bertz CT molecular complexity index is 1120. The van der Waals surface area contributed by atoms with Crippen LogP contribution in [-0.4, -0.2) is 52.7 Å². The van der Waals surface area contributed by atoms with Gasteiger partial charge in [-0.15, -0.1) is 0 Å². The summed E-state index contributed by atoms with van der Waals surface area (Å²) in [6.45, 7) is 3.55. The summed E-state index contributed by atoms with van der Waals surface area (Å²) in [6.07, 6.45) is 2.18. The van der Waals surface area contributed by atoms with Crippen molar-refractivity contribution in [3.05, 3.63) is 87.5 Å². The summed E-state index contributed by atoms with van der Waals surface area (Å²) in [5, 5.41) is 0.520. The maximum atomic E-state index is 13.2. The molecule has 2 aromatic heterocycles. The van der Waals surface area contributed by atoms with Gasteiger partial charge in [0.15, 0.2) is 5.78 Å². The van der Waals surface area contributed by atoms with Gasteiger partial charge in [-0.3, -0.25) is 14.6 Å². The smallest absolute Gasteiger partial charge is 0.354 e. The van der Waals surface area contributed by atoms with E-state index in [4.69, 9.17) is 16.3 Å². The van der Waals surface area contributed by atoms with Gasteiger partial charge in [-0.1, -0.05) is 17.7 Å². The number of carbonyl (C=O) groups is 3. The predicted molar refractivity (Wildman–Crippen MR) is 121 cm³/mol. The van der Waals surface area contributed by atoms with Crippen molar-refractivity contribution in [1.82, 2.24) is 14.9 Å². The van der Waals surface area contributed by atoms with E-state index in [-0.39, 0.29) is 23.9 Å². The van der Waals surface area contributed by atoms with Crippen molar-refractivity contribution < 1.29 is 19.1 Å². The van der Waals surface area contributed by atoms with Crippen molar-refractivity contribution in [2.75, 3.05) is 20.2 Å². The molecule has 3 aromatic rings. The van der Waals surface area contributed by atoms with E-state index < -0.39 is 5.97 Å². The summed E-state index contributed by atoms with van der Waals surface area (Å²) in [7, 11) is 1.28. The van der Waals surface area contributed by atoms with E-state index in [0.29, 0.717) is 40.4 Å². The first-order valence-electron chi connectivity index (χ1n) is 10.1. The number of aryl methyl sites for hydroxylation is 1. The van der Waals surface area contributed by atoms with Gasteiger partial charge in [-0.25, -0.2) is 4.79 Å². The second-order valence-corrected chi connectivity index (χ2v) is 7.78. The van der Waals surface area contributed by atoms with Gasteiger partial charge in [0, 0.05) is 46.7 Å². The molecule has 0 spiro atoms. The summed E-state index contributed by atoms with van der Waals surface area (Å²) in [5.74, 6) is -1.10. The number of aromatic amines is 1. The van der Waals surface area contributed by atoms with Crippen molar-refractivity contribution in [3.63, 3.8) is 0 Å². The molecule has 0 aliphatic heterocycles. The maximum Gasteiger partial charge on any atom is 0.354 e. The summed E-state index contributed by atoms with van der Waals surface area (Å²) in [5.41, 5.74) is 2.92.